The number of hydrogen-bond acceptors (Lipinski definition) is 2. The van der Waals surface area contributed by atoms with Gasteiger partial charge in [0.1, 0.15) is 11.6 Å². The van der Waals surface area contributed by atoms with E-state index in [0.29, 0.717) is 25.1 Å². The Hall–Kier alpha value is -1.00. The monoisotopic (exact) mass is 241 g/mol. The molecule has 1 fully saturated rings. The summed E-state index contributed by atoms with van der Waals surface area (Å²) in [6.07, 6.45) is 0.415. The minimum atomic E-state index is -0.546. The van der Waals surface area contributed by atoms with Crippen LogP contribution in [0.15, 0.2) is 18.2 Å². The minimum Gasteiger partial charge on any atom is -0.375 e. The van der Waals surface area contributed by atoms with Gasteiger partial charge in [-0.2, -0.15) is 0 Å². The third kappa shape index (κ3) is 3.23. The maximum atomic E-state index is 13.4. The molecule has 1 aromatic carbocycles. The number of benzene rings is 1. The summed E-state index contributed by atoms with van der Waals surface area (Å²) in [5.41, 5.74) is 0.468. The molecule has 0 aliphatic carbocycles. The number of hydrogen-bond donors (Lipinski definition) is 1. The number of nitrogens with one attached hydrogen (secondary N) is 1. The predicted octanol–water partition coefficient (Wildman–Crippen LogP) is 2.27. The maximum absolute atomic E-state index is 13.4. The third-order valence-electron chi connectivity index (χ3n) is 2.95. The van der Waals surface area contributed by atoms with Crippen LogP contribution in [-0.4, -0.2) is 24.8 Å². The molecule has 0 aromatic heterocycles. The second-order valence-corrected chi connectivity index (χ2v) is 5.14. The van der Waals surface area contributed by atoms with E-state index < -0.39 is 11.6 Å². The van der Waals surface area contributed by atoms with Gasteiger partial charge in [0.25, 0.3) is 0 Å². The highest BCUT2D eigenvalue weighted by atomic mass is 19.1. The number of halogens is 2. The molecule has 1 aliphatic heterocycles. The highest BCUT2D eigenvalue weighted by Crippen LogP contribution is 2.17. The van der Waals surface area contributed by atoms with E-state index in [1.807, 2.05) is 0 Å². The van der Waals surface area contributed by atoms with Crippen LogP contribution in [0.3, 0.4) is 0 Å². The summed E-state index contributed by atoms with van der Waals surface area (Å²) < 4.78 is 31.8. The summed E-state index contributed by atoms with van der Waals surface area (Å²) in [5.74, 6) is -1.05. The van der Waals surface area contributed by atoms with Gasteiger partial charge in [0.05, 0.1) is 12.7 Å². The molecule has 2 nitrogen and oxygen atoms in total. The topological polar surface area (TPSA) is 21.3 Å². The molecule has 1 atom stereocenters. The van der Waals surface area contributed by atoms with Crippen molar-refractivity contribution in [2.45, 2.75) is 31.9 Å². The average Bonchev–Trinajstić information content (AvgIpc) is 2.25. The lowest BCUT2D eigenvalue weighted by atomic mass is 10.0. The second-order valence-electron chi connectivity index (χ2n) is 5.14. The molecule has 1 aliphatic rings. The second kappa shape index (κ2) is 4.70. The molecule has 1 heterocycles. The Balaban J connectivity index is 1.98. The van der Waals surface area contributed by atoms with E-state index in [9.17, 15) is 8.78 Å². The molecule has 0 saturated carbocycles. The van der Waals surface area contributed by atoms with Crippen LogP contribution >= 0.6 is 0 Å². The number of morpholine rings is 1. The summed E-state index contributed by atoms with van der Waals surface area (Å²) in [4.78, 5) is 0. The minimum absolute atomic E-state index is 0.0299. The summed E-state index contributed by atoms with van der Waals surface area (Å²) in [5, 5.41) is 3.34. The lowest BCUT2D eigenvalue weighted by Crippen LogP contribution is -2.53. The van der Waals surface area contributed by atoms with Crippen molar-refractivity contribution in [3.63, 3.8) is 0 Å². The molecule has 0 spiro atoms. The summed E-state index contributed by atoms with van der Waals surface area (Å²) in [7, 11) is 0. The third-order valence-corrected chi connectivity index (χ3v) is 2.95. The maximum Gasteiger partial charge on any atom is 0.129 e. The van der Waals surface area contributed by atoms with E-state index in [2.05, 4.69) is 19.2 Å². The van der Waals surface area contributed by atoms with E-state index >= 15 is 0 Å². The normalized spacial score (nSPS) is 23.6. The van der Waals surface area contributed by atoms with Crippen LogP contribution in [0.5, 0.6) is 0 Å². The molecule has 4 heteroatoms. The Morgan fingerprint density at radius 2 is 2.18 bits per heavy atom. The predicted molar refractivity (Wildman–Crippen MR) is 61.9 cm³/mol. The molecular weight excluding hydrogens is 224 g/mol. The van der Waals surface area contributed by atoms with Gasteiger partial charge in [-0.1, -0.05) is 6.07 Å². The van der Waals surface area contributed by atoms with Crippen molar-refractivity contribution in [3.8, 4) is 0 Å². The molecule has 0 radical (unpaired) electrons. The highest BCUT2D eigenvalue weighted by Gasteiger charge is 2.27. The van der Waals surface area contributed by atoms with Gasteiger partial charge >= 0.3 is 0 Å². The van der Waals surface area contributed by atoms with Crippen LogP contribution < -0.4 is 5.32 Å². The van der Waals surface area contributed by atoms with Crippen molar-refractivity contribution < 1.29 is 13.5 Å². The Labute approximate surface area is 100.0 Å². The first kappa shape index (κ1) is 12.5. The van der Waals surface area contributed by atoms with E-state index in [1.165, 1.54) is 12.1 Å². The van der Waals surface area contributed by atoms with Gasteiger partial charge in [-0.3, -0.25) is 0 Å². The van der Waals surface area contributed by atoms with Crippen LogP contribution in [0, 0.1) is 11.6 Å². The highest BCUT2D eigenvalue weighted by molar-refractivity contribution is 5.19. The van der Waals surface area contributed by atoms with Gasteiger partial charge in [-0.05, 0) is 25.5 Å². The Kier molecular flexibility index (Phi) is 3.45. The van der Waals surface area contributed by atoms with Crippen molar-refractivity contribution in [2.24, 2.45) is 0 Å². The van der Waals surface area contributed by atoms with Crippen molar-refractivity contribution >= 4 is 0 Å². The molecule has 17 heavy (non-hydrogen) atoms. The van der Waals surface area contributed by atoms with E-state index in [-0.39, 0.29) is 11.6 Å². The zero-order valence-corrected chi connectivity index (χ0v) is 10.1. The molecule has 1 N–H and O–H groups in total. The van der Waals surface area contributed by atoms with E-state index in [0.717, 1.165) is 6.07 Å². The quantitative estimate of drug-likeness (QED) is 0.857. The van der Waals surface area contributed by atoms with Crippen LogP contribution in [-0.2, 0) is 11.2 Å². The lowest BCUT2D eigenvalue weighted by Gasteiger charge is -2.36. The molecule has 2 rings (SSSR count). The fourth-order valence-electron chi connectivity index (χ4n) is 1.89. The van der Waals surface area contributed by atoms with Gasteiger partial charge < -0.3 is 10.1 Å². The van der Waals surface area contributed by atoms with Gasteiger partial charge in [0, 0.05) is 24.6 Å². The van der Waals surface area contributed by atoms with Crippen molar-refractivity contribution in [1.29, 1.82) is 0 Å². The van der Waals surface area contributed by atoms with Crippen LogP contribution in [0.1, 0.15) is 19.4 Å². The lowest BCUT2D eigenvalue weighted by molar-refractivity contribution is -0.0210. The molecule has 0 amide bonds. The molecular formula is C13H17F2NO. The molecule has 1 unspecified atom stereocenters. The molecule has 94 valence electrons. The summed E-state index contributed by atoms with van der Waals surface area (Å²) in [6.45, 7) is 5.40. The van der Waals surface area contributed by atoms with Gasteiger partial charge in [-0.25, -0.2) is 8.78 Å². The smallest absolute Gasteiger partial charge is 0.129 e. The standard InChI is InChI=1S/C13H17F2NO/c1-13(2)8-17-11(7-16-13)5-9-3-4-10(14)6-12(9)15/h3-4,6,11,16H,5,7-8H2,1-2H3. The first-order valence-corrected chi connectivity index (χ1v) is 5.77. The summed E-state index contributed by atoms with van der Waals surface area (Å²) in [6, 6.07) is 3.67. The van der Waals surface area contributed by atoms with Gasteiger partial charge in [0.15, 0.2) is 0 Å². The van der Waals surface area contributed by atoms with E-state index in [4.69, 9.17) is 4.74 Å². The SMILES string of the molecule is CC1(C)COC(Cc2ccc(F)cc2F)CN1. The van der Waals surface area contributed by atoms with Gasteiger partial charge in [-0.15, -0.1) is 0 Å². The largest absolute Gasteiger partial charge is 0.375 e. The Bertz CT molecular complexity index is 396. The zero-order valence-electron chi connectivity index (χ0n) is 10.1. The van der Waals surface area contributed by atoms with Crippen molar-refractivity contribution in [3.05, 3.63) is 35.4 Å². The Morgan fingerprint density at radius 3 is 2.76 bits per heavy atom. The summed E-state index contributed by atoms with van der Waals surface area (Å²) >= 11 is 0. The van der Waals surface area contributed by atoms with Crippen LogP contribution in [0.25, 0.3) is 0 Å². The van der Waals surface area contributed by atoms with Gasteiger partial charge in [0.2, 0.25) is 0 Å². The first-order chi connectivity index (χ1) is 7.96. The zero-order chi connectivity index (χ0) is 12.5. The molecule has 1 saturated heterocycles. The fourth-order valence-corrected chi connectivity index (χ4v) is 1.89. The fraction of sp³-hybridized carbons (Fsp3) is 0.538. The average molecular weight is 241 g/mol. The number of rotatable bonds is 2. The van der Waals surface area contributed by atoms with Crippen molar-refractivity contribution in [2.75, 3.05) is 13.2 Å². The number of ether oxygens (including phenoxy) is 1. The van der Waals surface area contributed by atoms with Crippen LogP contribution in [0.2, 0.25) is 0 Å². The van der Waals surface area contributed by atoms with E-state index in [1.54, 1.807) is 0 Å². The first-order valence-electron chi connectivity index (χ1n) is 5.77. The van der Waals surface area contributed by atoms with Crippen molar-refractivity contribution in [1.82, 2.24) is 5.32 Å². The molecule has 0 bridgehead atoms. The Morgan fingerprint density at radius 1 is 1.41 bits per heavy atom. The molecule has 1 aromatic rings. The van der Waals surface area contributed by atoms with Crippen LogP contribution in [0.4, 0.5) is 8.78 Å².